The van der Waals surface area contributed by atoms with Gasteiger partial charge in [-0.25, -0.2) is 0 Å². The van der Waals surface area contributed by atoms with Crippen molar-refractivity contribution in [1.82, 2.24) is 4.90 Å². The van der Waals surface area contributed by atoms with E-state index in [0.717, 1.165) is 34.9 Å². The number of ether oxygens (including phenoxy) is 1. The maximum Gasteiger partial charge on any atom is 0.125 e. The lowest BCUT2D eigenvalue weighted by Gasteiger charge is -2.26. The summed E-state index contributed by atoms with van der Waals surface area (Å²) in [5, 5.41) is 0.791. The molecule has 1 saturated heterocycles. The van der Waals surface area contributed by atoms with E-state index >= 15 is 0 Å². The first kappa shape index (κ1) is 16.6. The summed E-state index contributed by atoms with van der Waals surface area (Å²) in [7, 11) is 0. The van der Waals surface area contributed by atoms with Crippen LogP contribution in [-0.4, -0.2) is 31.1 Å². The lowest BCUT2D eigenvalue weighted by atomic mass is 10.1. The Balaban J connectivity index is 1.61. The third kappa shape index (κ3) is 5.52. The second kappa shape index (κ2) is 8.65. The maximum absolute atomic E-state index is 6.04. The van der Waals surface area contributed by atoms with Gasteiger partial charge >= 0.3 is 0 Å². The number of benzene rings is 1. The molecule has 2 rings (SSSR count). The van der Waals surface area contributed by atoms with Crippen molar-refractivity contribution in [3.8, 4) is 5.75 Å². The number of hydrogen-bond acceptors (Lipinski definition) is 2. The summed E-state index contributed by atoms with van der Waals surface area (Å²) >= 11 is 6.04. The zero-order chi connectivity index (χ0) is 15.1. The average Bonchev–Trinajstić information content (AvgIpc) is 2.45. The highest BCUT2D eigenvalue weighted by molar-refractivity contribution is 6.30. The van der Waals surface area contributed by atoms with Crippen molar-refractivity contribution in [3.05, 3.63) is 28.3 Å². The first-order chi connectivity index (χ1) is 10.2. The van der Waals surface area contributed by atoms with Gasteiger partial charge in [-0.2, -0.15) is 0 Å². The Labute approximate surface area is 134 Å². The van der Waals surface area contributed by atoms with Crippen molar-refractivity contribution >= 4 is 11.6 Å². The van der Waals surface area contributed by atoms with E-state index in [1.807, 2.05) is 12.1 Å². The van der Waals surface area contributed by atoms with Crippen molar-refractivity contribution < 1.29 is 4.74 Å². The molecule has 0 unspecified atom stereocenters. The number of aryl methyl sites for hydroxylation is 2. The zero-order valence-corrected chi connectivity index (χ0v) is 14.2. The lowest BCUT2D eigenvalue weighted by Crippen LogP contribution is -2.30. The molecule has 118 valence electrons. The fourth-order valence-electron chi connectivity index (χ4n) is 3.10. The van der Waals surface area contributed by atoms with Gasteiger partial charge in [0.1, 0.15) is 5.75 Å². The molecule has 0 atom stereocenters. The van der Waals surface area contributed by atoms with Gasteiger partial charge in [-0.05, 0) is 88.8 Å². The van der Waals surface area contributed by atoms with Crippen LogP contribution in [-0.2, 0) is 0 Å². The van der Waals surface area contributed by atoms with E-state index in [0.29, 0.717) is 0 Å². The van der Waals surface area contributed by atoms with Crippen molar-refractivity contribution in [2.75, 3.05) is 26.2 Å². The first-order valence-electron chi connectivity index (χ1n) is 8.29. The highest BCUT2D eigenvalue weighted by Gasteiger charge is 2.09. The first-order valence-corrected chi connectivity index (χ1v) is 8.66. The van der Waals surface area contributed by atoms with Crippen LogP contribution in [0.1, 0.15) is 49.7 Å². The summed E-state index contributed by atoms with van der Waals surface area (Å²) in [5.74, 6) is 1.01. The molecular formula is C18H28ClNO. The predicted octanol–water partition coefficient (Wildman–Crippen LogP) is 4.99. The van der Waals surface area contributed by atoms with Crippen LogP contribution in [0, 0.1) is 13.8 Å². The van der Waals surface area contributed by atoms with Crippen molar-refractivity contribution in [2.45, 2.75) is 52.4 Å². The Morgan fingerprint density at radius 2 is 1.67 bits per heavy atom. The monoisotopic (exact) mass is 309 g/mol. The van der Waals surface area contributed by atoms with Crippen LogP contribution < -0.4 is 4.74 Å². The minimum atomic E-state index is 0.791. The van der Waals surface area contributed by atoms with E-state index in [2.05, 4.69) is 18.7 Å². The van der Waals surface area contributed by atoms with Gasteiger partial charge in [0.05, 0.1) is 6.61 Å². The largest absolute Gasteiger partial charge is 0.493 e. The Kier molecular flexibility index (Phi) is 6.85. The fourth-order valence-corrected chi connectivity index (χ4v) is 3.42. The lowest BCUT2D eigenvalue weighted by molar-refractivity contribution is 0.220. The molecule has 0 spiro atoms. The molecule has 1 aromatic rings. The van der Waals surface area contributed by atoms with Gasteiger partial charge < -0.3 is 9.64 Å². The normalized spacial score (nSPS) is 16.1. The second-order valence-corrected chi connectivity index (χ2v) is 6.62. The quantitative estimate of drug-likeness (QED) is 0.658. The number of likely N-dealkylation sites (tertiary alicyclic amines) is 1. The van der Waals surface area contributed by atoms with Crippen LogP contribution in [0.2, 0.25) is 5.02 Å². The van der Waals surface area contributed by atoms with E-state index < -0.39 is 0 Å². The highest BCUT2D eigenvalue weighted by atomic mass is 35.5. The maximum atomic E-state index is 6.04. The van der Waals surface area contributed by atoms with Crippen LogP contribution in [0.5, 0.6) is 5.75 Å². The molecule has 0 N–H and O–H groups in total. The summed E-state index contributed by atoms with van der Waals surface area (Å²) in [5.41, 5.74) is 2.27. The molecular weight excluding hydrogens is 282 g/mol. The Bertz CT molecular complexity index is 418. The third-order valence-electron chi connectivity index (χ3n) is 4.24. The molecule has 0 aromatic heterocycles. The molecule has 0 radical (unpaired) electrons. The third-order valence-corrected chi connectivity index (χ3v) is 4.46. The van der Waals surface area contributed by atoms with Crippen molar-refractivity contribution in [2.24, 2.45) is 0 Å². The molecule has 0 bridgehead atoms. The Hall–Kier alpha value is -0.730. The SMILES string of the molecule is Cc1cc(Cl)cc(C)c1OCCCCCN1CCCCC1. The second-order valence-electron chi connectivity index (χ2n) is 6.18. The van der Waals surface area contributed by atoms with Gasteiger partial charge in [0.15, 0.2) is 0 Å². The molecule has 1 aliphatic rings. The van der Waals surface area contributed by atoms with Crippen molar-refractivity contribution in [1.29, 1.82) is 0 Å². The molecule has 3 heteroatoms. The molecule has 1 fully saturated rings. The van der Waals surface area contributed by atoms with Crippen LogP contribution >= 0.6 is 11.6 Å². The van der Waals surface area contributed by atoms with Crippen LogP contribution in [0.4, 0.5) is 0 Å². The van der Waals surface area contributed by atoms with E-state index in [1.54, 1.807) is 0 Å². The summed E-state index contributed by atoms with van der Waals surface area (Å²) in [6.45, 7) is 8.80. The van der Waals surface area contributed by atoms with Gasteiger partial charge in [-0.1, -0.05) is 18.0 Å². The van der Waals surface area contributed by atoms with Crippen molar-refractivity contribution in [3.63, 3.8) is 0 Å². The fraction of sp³-hybridized carbons (Fsp3) is 0.667. The van der Waals surface area contributed by atoms with Gasteiger partial charge in [0.2, 0.25) is 0 Å². The van der Waals surface area contributed by atoms with Crippen LogP contribution in [0.15, 0.2) is 12.1 Å². The standard InChI is InChI=1S/C18H28ClNO/c1-15-13-17(19)14-16(2)18(15)21-12-8-4-7-11-20-9-5-3-6-10-20/h13-14H,3-12H2,1-2H3. The number of halogens is 1. The molecule has 0 saturated carbocycles. The van der Waals surface area contributed by atoms with E-state index in [4.69, 9.17) is 16.3 Å². The molecule has 21 heavy (non-hydrogen) atoms. The van der Waals surface area contributed by atoms with E-state index in [9.17, 15) is 0 Å². The number of rotatable bonds is 7. The smallest absolute Gasteiger partial charge is 0.125 e. The number of unbranched alkanes of at least 4 members (excludes halogenated alkanes) is 2. The topological polar surface area (TPSA) is 12.5 Å². The van der Waals surface area contributed by atoms with Gasteiger partial charge in [0, 0.05) is 5.02 Å². The zero-order valence-electron chi connectivity index (χ0n) is 13.5. The summed E-state index contributed by atoms with van der Waals surface area (Å²) in [6.07, 6.45) is 7.88. The predicted molar refractivity (Wildman–Crippen MR) is 90.6 cm³/mol. The molecule has 1 aliphatic heterocycles. The molecule has 1 heterocycles. The minimum Gasteiger partial charge on any atom is -0.493 e. The summed E-state index contributed by atoms with van der Waals surface area (Å²) in [6, 6.07) is 3.94. The van der Waals surface area contributed by atoms with Crippen LogP contribution in [0.25, 0.3) is 0 Å². The molecule has 0 amide bonds. The van der Waals surface area contributed by atoms with Gasteiger partial charge in [-0.15, -0.1) is 0 Å². The van der Waals surface area contributed by atoms with Crippen LogP contribution in [0.3, 0.4) is 0 Å². The average molecular weight is 310 g/mol. The van der Waals surface area contributed by atoms with E-state index in [1.165, 1.54) is 51.7 Å². The molecule has 0 aliphatic carbocycles. The summed E-state index contributed by atoms with van der Waals surface area (Å²) in [4.78, 5) is 2.61. The number of nitrogens with zero attached hydrogens (tertiary/aromatic N) is 1. The summed E-state index contributed by atoms with van der Waals surface area (Å²) < 4.78 is 5.94. The van der Waals surface area contributed by atoms with Gasteiger partial charge in [0.25, 0.3) is 0 Å². The number of piperidine rings is 1. The Morgan fingerprint density at radius 1 is 1.00 bits per heavy atom. The minimum absolute atomic E-state index is 0.791. The highest BCUT2D eigenvalue weighted by Crippen LogP contribution is 2.27. The van der Waals surface area contributed by atoms with E-state index in [-0.39, 0.29) is 0 Å². The molecule has 1 aromatic carbocycles. The number of hydrogen-bond donors (Lipinski definition) is 0. The van der Waals surface area contributed by atoms with Gasteiger partial charge in [-0.3, -0.25) is 0 Å². The molecule has 2 nitrogen and oxygen atoms in total. The Morgan fingerprint density at radius 3 is 2.33 bits per heavy atom.